The number of rotatable bonds is 11. The first-order valence-corrected chi connectivity index (χ1v) is 19.1. The van der Waals surface area contributed by atoms with Crippen molar-refractivity contribution >= 4 is 25.5 Å². The molecule has 5 rings (SSSR count). The Morgan fingerprint density at radius 3 is 2.29 bits per heavy atom. The fourth-order valence-corrected chi connectivity index (χ4v) is 11.3. The van der Waals surface area contributed by atoms with E-state index in [2.05, 4.69) is 47.8 Å². The zero-order valence-electron chi connectivity index (χ0n) is 25.4. The van der Waals surface area contributed by atoms with Crippen molar-refractivity contribution < 1.29 is 21.6 Å². The van der Waals surface area contributed by atoms with Crippen LogP contribution in [0.25, 0.3) is 0 Å². The molecule has 4 fully saturated rings. The zero-order chi connectivity index (χ0) is 29.5. The first-order chi connectivity index (χ1) is 19.3. The third-order valence-electron chi connectivity index (χ3n) is 10.8. The molecule has 41 heavy (non-hydrogen) atoms. The Bertz CT molecular complexity index is 1270. The smallest absolute Gasteiger partial charge is 0.214 e. The number of anilines is 1. The molecule has 11 heteroatoms. The van der Waals surface area contributed by atoms with Crippen LogP contribution in [0.3, 0.4) is 0 Å². The van der Waals surface area contributed by atoms with Gasteiger partial charge < -0.3 is 9.64 Å². The number of benzene rings is 1. The maximum atomic E-state index is 14.2. The summed E-state index contributed by atoms with van der Waals surface area (Å²) in [5.74, 6) is 0.861. The first kappa shape index (κ1) is 31.2. The van der Waals surface area contributed by atoms with Gasteiger partial charge in [0.2, 0.25) is 10.0 Å². The van der Waals surface area contributed by atoms with Crippen molar-refractivity contribution in [1.29, 1.82) is 0 Å². The molecule has 232 valence electrons. The molecule has 4 aliphatic rings. The van der Waals surface area contributed by atoms with E-state index >= 15 is 0 Å². The van der Waals surface area contributed by atoms with Crippen LogP contribution in [0.5, 0.6) is 0 Å². The molecule has 0 N–H and O–H groups in total. The quantitative estimate of drug-likeness (QED) is 0.354. The van der Waals surface area contributed by atoms with Crippen molar-refractivity contribution in [3.63, 3.8) is 0 Å². The molecule has 0 spiro atoms. The number of hydrogen-bond donors (Lipinski definition) is 0. The molecule has 0 amide bonds. The lowest BCUT2D eigenvalue weighted by molar-refractivity contribution is -0.140. The van der Waals surface area contributed by atoms with Crippen LogP contribution in [0.15, 0.2) is 24.3 Å². The van der Waals surface area contributed by atoms with E-state index in [1.54, 1.807) is 4.31 Å². The molecule has 0 unspecified atom stereocenters. The second kappa shape index (κ2) is 12.0. The lowest BCUT2D eigenvalue weighted by atomic mass is 9.68. The fraction of sp³-hybridized carbons (Fsp3) is 0.800. The van der Waals surface area contributed by atoms with Crippen LogP contribution in [0.1, 0.15) is 51.5 Å². The molecule has 2 saturated heterocycles. The first-order valence-electron chi connectivity index (χ1n) is 15.4. The number of sulfone groups is 1. The molecule has 1 aromatic carbocycles. The van der Waals surface area contributed by atoms with Gasteiger partial charge in [0.05, 0.1) is 19.0 Å². The molecular formula is C30H50N4O5S2. The summed E-state index contributed by atoms with van der Waals surface area (Å²) < 4.78 is 59.4. The average molecular weight is 611 g/mol. The molecule has 2 aliphatic carbocycles. The second-order valence-electron chi connectivity index (χ2n) is 13.4. The fourth-order valence-electron chi connectivity index (χ4n) is 8.27. The number of nitrogens with zero attached hydrogens (tertiary/aromatic N) is 4. The van der Waals surface area contributed by atoms with Crippen molar-refractivity contribution in [3.05, 3.63) is 29.8 Å². The van der Waals surface area contributed by atoms with Gasteiger partial charge in [-0.1, -0.05) is 32.0 Å². The number of aryl methyl sites for hydroxylation is 1. The van der Waals surface area contributed by atoms with Gasteiger partial charge in [-0.3, -0.25) is 0 Å². The van der Waals surface area contributed by atoms with Crippen LogP contribution in [0.2, 0.25) is 0 Å². The van der Waals surface area contributed by atoms with Gasteiger partial charge in [-0.2, -0.15) is 4.31 Å². The summed E-state index contributed by atoms with van der Waals surface area (Å²) >= 11 is 0. The van der Waals surface area contributed by atoms with Gasteiger partial charge in [-0.05, 0) is 62.0 Å². The maximum absolute atomic E-state index is 14.2. The molecule has 2 saturated carbocycles. The van der Waals surface area contributed by atoms with Gasteiger partial charge in [0.25, 0.3) is 0 Å². The lowest BCUT2D eigenvalue weighted by Gasteiger charge is -2.51. The third-order valence-corrected chi connectivity index (χ3v) is 13.8. The van der Waals surface area contributed by atoms with Crippen LogP contribution < -0.4 is 4.90 Å². The molecule has 1 aromatic rings. The minimum Gasteiger partial charge on any atom is -0.379 e. The highest BCUT2D eigenvalue weighted by Gasteiger charge is 2.67. The molecule has 2 aliphatic heterocycles. The summed E-state index contributed by atoms with van der Waals surface area (Å²) in [6.45, 7) is 12.8. The third kappa shape index (κ3) is 6.36. The van der Waals surface area contributed by atoms with Crippen molar-refractivity contribution in [2.45, 2.75) is 58.9 Å². The second-order valence-corrected chi connectivity index (χ2v) is 17.6. The average Bonchev–Trinajstić information content (AvgIpc) is 3.28. The molecule has 0 radical (unpaired) electrons. The van der Waals surface area contributed by atoms with Gasteiger partial charge in [-0.25, -0.2) is 26.9 Å². The van der Waals surface area contributed by atoms with Crippen LogP contribution in [0.4, 0.5) is 5.69 Å². The van der Waals surface area contributed by atoms with Crippen LogP contribution >= 0.6 is 0 Å². The molecular weight excluding hydrogens is 560 g/mol. The number of ether oxygens (including phenoxy) is 1. The molecule has 2 bridgehead atoms. The predicted octanol–water partition coefficient (Wildman–Crippen LogP) is 3.02. The Labute approximate surface area is 248 Å². The van der Waals surface area contributed by atoms with Crippen molar-refractivity contribution in [2.75, 3.05) is 81.7 Å². The molecule has 9 nitrogen and oxygen atoms in total. The topological polar surface area (TPSA) is 90.5 Å². The highest BCUT2D eigenvalue weighted by molar-refractivity contribution is 7.90. The predicted molar refractivity (Wildman–Crippen MR) is 164 cm³/mol. The highest BCUT2D eigenvalue weighted by Crippen LogP contribution is 2.67. The monoisotopic (exact) mass is 610 g/mol. The molecule has 0 aromatic heterocycles. The molecule has 2 heterocycles. The number of hydrazine groups is 1. The van der Waals surface area contributed by atoms with E-state index in [-0.39, 0.29) is 28.4 Å². The Kier molecular flexibility index (Phi) is 9.16. The zero-order valence-corrected chi connectivity index (χ0v) is 27.1. The van der Waals surface area contributed by atoms with Gasteiger partial charge in [-0.15, -0.1) is 0 Å². The standard InChI is InChI=1S/C30H50N4O5S2/c1-25-9-5-6-10-27(25)31-14-16-33(17-15-31)41(37,38)24-30-12-11-26(29(30,2)3)23-28(30)34(32-18-20-39-21-19-32)13-7-8-22-40(4,35)36/h5-6,9-10,26,28H,7-8,11-24H2,1-4H3/t26-,28+,30-/m0/s1. The minimum atomic E-state index is -3.48. The number of hydrogen-bond acceptors (Lipinski definition) is 8. The Morgan fingerprint density at radius 1 is 0.976 bits per heavy atom. The SMILES string of the molecule is Cc1ccccc1N1CCN(S(=O)(=O)C[C@@]23CC[C@@H](C[C@H]2N(CCCCS(C)(=O)=O)N2CCOCC2)C3(C)C)CC1. The number of sulfonamides is 1. The number of unbranched alkanes of at least 4 members (excludes halogenated alkanes) is 1. The van der Waals surface area contributed by atoms with Gasteiger partial charge in [0.15, 0.2) is 0 Å². The number of fused-ring (bicyclic) bond motifs is 2. The summed E-state index contributed by atoms with van der Waals surface area (Å²) in [4.78, 5) is 2.31. The van der Waals surface area contributed by atoms with Crippen LogP contribution in [-0.2, 0) is 24.6 Å². The largest absolute Gasteiger partial charge is 0.379 e. The minimum absolute atomic E-state index is 0.0923. The summed E-state index contributed by atoms with van der Waals surface area (Å²) in [7, 11) is -6.49. The number of piperazine rings is 1. The molecule has 3 atom stereocenters. The van der Waals surface area contributed by atoms with Crippen LogP contribution in [-0.4, -0.2) is 114 Å². The van der Waals surface area contributed by atoms with Crippen molar-refractivity contribution in [3.8, 4) is 0 Å². The van der Waals surface area contributed by atoms with Crippen molar-refractivity contribution in [1.82, 2.24) is 14.3 Å². The summed E-state index contributed by atoms with van der Waals surface area (Å²) in [5, 5.41) is 4.83. The summed E-state index contributed by atoms with van der Waals surface area (Å²) in [5.41, 5.74) is 1.97. The van der Waals surface area contributed by atoms with E-state index in [0.29, 0.717) is 51.7 Å². The lowest BCUT2D eigenvalue weighted by Crippen LogP contribution is -2.61. The van der Waals surface area contributed by atoms with E-state index in [0.717, 1.165) is 45.3 Å². The Hall–Kier alpha value is -1.24. The van der Waals surface area contributed by atoms with E-state index in [4.69, 9.17) is 4.74 Å². The van der Waals surface area contributed by atoms with E-state index in [1.165, 1.54) is 17.5 Å². The van der Waals surface area contributed by atoms with Crippen molar-refractivity contribution in [2.24, 2.45) is 16.7 Å². The van der Waals surface area contributed by atoms with Gasteiger partial charge >= 0.3 is 0 Å². The van der Waals surface area contributed by atoms with E-state index < -0.39 is 19.9 Å². The van der Waals surface area contributed by atoms with Crippen LogP contribution in [0, 0.1) is 23.7 Å². The Morgan fingerprint density at radius 2 is 1.66 bits per heavy atom. The highest BCUT2D eigenvalue weighted by atomic mass is 32.2. The maximum Gasteiger partial charge on any atom is 0.214 e. The Balaban J connectivity index is 1.35. The number of morpholine rings is 1. The number of para-hydroxylation sites is 1. The summed E-state index contributed by atoms with van der Waals surface area (Å²) in [6, 6.07) is 8.44. The normalized spacial score (nSPS) is 29.4. The van der Waals surface area contributed by atoms with E-state index in [9.17, 15) is 16.8 Å². The van der Waals surface area contributed by atoms with Gasteiger partial charge in [0, 0.05) is 75.0 Å². The summed E-state index contributed by atoms with van der Waals surface area (Å²) in [6.07, 6.45) is 5.68. The van der Waals surface area contributed by atoms with E-state index in [1.807, 2.05) is 12.1 Å². The van der Waals surface area contributed by atoms with Gasteiger partial charge in [0.1, 0.15) is 9.84 Å².